The van der Waals surface area contributed by atoms with Crippen LogP contribution in [0.15, 0.2) is 58.3 Å². The van der Waals surface area contributed by atoms with E-state index in [-0.39, 0.29) is 29.3 Å². The number of carbonyl (C=O) groups excluding carboxylic acids is 3. The number of carbonyl (C=O) groups is 3. The van der Waals surface area contributed by atoms with Crippen molar-refractivity contribution in [2.45, 2.75) is 32.1 Å². The molecule has 36 heavy (non-hydrogen) atoms. The number of nitrogens with one attached hydrogen (secondary N) is 1. The van der Waals surface area contributed by atoms with Gasteiger partial charge in [-0.05, 0) is 48.7 Å². The van der Waals surface area contributed by atoms with E-state index in [0.29, 0.717) is 41.5 Å². The number of halogens is 1. The van der Waals surface area contributed by atoms with Crippen LogP contribution < -0.4 is 5.32 Å². The van der Waals surface area contributed by atoms with Crippen LogP contribution in [0.25, 0.3) is 11.0 Å². The van der Waals surface area contributed by atoms with Crippen molar-refractivity contribution in [3.8, 4) is 0 Å². The topological polar surface area (TPSA) is 92.5 Å². The molecular weight excluding hydrogens is 498 g/mol. The summed E-state index contributed by atoms with van der Waals surface area (Å²) >= 11 is 7.67. The molecule has 0 saturated carbocycles. The lowest BCUT2D eigenvalue weighted by atomic mass is 9.97. The number of ketones is 1. The van der Waals surface area contributed by atoms with E-state index < -0.39 is 0 Å². The Balaban J connectivity index is 1.18. The number of piperidine rings is 1. The van der Waals surface area contributed by atoms with Crippen LogP contribution in [-0.4, -0.2) is 40.6 Å². The molecule has 0 atom stereocenters. The molecule has 2 amide bonds. The monoisotopic (exact) mass is 521 g/mol. The largest absolute Gasteiger partial charge is 0.453 e. The van der Waals surface area contributed by atoms with E-state index in [1.54, 1.807) is 35.7 Å². The van der Waals surface area contributed by atoms with E-state index in [2.05, 4.69) is 10.3 Å². The lowest BCUT2D eigenvalue weighted by molar-refractivity contribution is -0.131. The highest BCUT2D eigenvalue weighted by atomic mass is 35.5. The molecule has 1 N–H and O–H groups in total. The molecule has 7 nitrogen and oxygen atoms in total. The quantitative estimate of drug-likeness (QED) is 0.317. The smallest absolute Gasteiger partial charge is 0.275 e. The number of furan rings is 1. The molecule has 5 rings (SSSR count). The second-order valence-corrected chi connectivity index (χ2v) is 10.2. The molecule has 9 heteroatoms. The Hall–Kier alpha value is -3.49. The number of hydrogen-bond donors (Lipinski definition) is 1. The molecule has 3 heterocycles. The van der Waals surface area contributed by atoms with E-state index in [1.165, 1.54) is 18.3 Å². The van der Waals surface area contributed by atoms with Crippen molar-refractivity contribution in [1.29, 1.82) is 0 Å². The van der Waals surface area contributed by atoms with Crippen LogP contribution in [-0.2, 0) is 11.2 Å². The van der Waals surface area contributed by atoms with E-state index in [9.17, 15) is 14.4 Å². The first kappa shape index (κ1) is 24.2. The normalized spacial score (nSPS) is 14.2. The van der Waals surface area contributed by atoms with Crippen LogP contribution in [0.1, 0.15) is 57.3 Å². The van der Waals surface area contributed by atoms with Crippen molar-refractivity contribution in [3.63, 3.8) is 0 Å². The fourth-order valence-corrected chi connectivity index (χ4v) is 5.54. The minimum absolute atomic E-state index is 0.0748. The molecule has 0 unspecified atom stereocenters. The molecule has 0 spiro atoms. The predicted molar refractivity (Wildman–Crippen MR) is 140 cm³/mol. The highest BCUT2D eigenvalue weighted by Gasteiger charge is 2.26. The van der Waals surface area contributed by atoms with Gasteiger partial charge in [-0.3, -0.25) is 14.4 Å². The number of likely N-dealkylation sites (tertiary alicyclic amines) is 1. The molecule has 184 valence electrons. The number of rotatable bonds is 6. The first-order chi connectivity index (χ1) is 17.4. The van der Waals surface area contributed by atoms with E-state index in [4.69, 9.17) is 16.0 Å². The van der Waals surface area contributed by atoms with Gasteiger partial charge in [-0.25, -0.2) is 4.98 Å². The van der Waals surface area contributed by atoms with Crippen molar-refractivity contribution >= 4 is 57.2 Å². The Morgan fingerprint density at radius 3 is 2.67 bits per heavy atom. The van der Waals surface area contributed by atoms with Gasteiger partial charge in [0.2, 0.25) is 5.91 Å². The molecule has 2 aromatic carbocycles. The number of Topliss-reactive ketones (excluding diaryl/α,β-unsaturated/α-hetero) is 1. The van der Waals surface area contributed by atoms with Gasteiger partial charge in [-0.2, -0.15) is 0 Å². The van der Waals surface area contributed by atoms with E-state index in [1.807, 2.05) is 23.1 Å². The average molecular weight is 522 g/mol. The van der Waals surface area contributed by atoms with Crippen LogP contribution >= 0.6 is 22.9 Å². The van der Waals surface area contributed by atoms with Gasteiger partial charge < -0.3 is 14.6 Å². The fraction of sp³-hybridized carbons (Fsp3) is 0.259. The zero-order valence-electron chi connectivity index (χ0n) is 19.6. The predicted octanol–water partition coefficient (Wildman–Crippen LogP) is 5.95. The third kappa shape index (κ3) is 5.20. The lowest BCUT2D eigenvalue weighted by Gasteiger charge is -2.31. The van der Waals surface area contributed by atoms with Crippen LogP contribution in [0.4, 0.5) is 5.69 Å². The molecule has 0 aliphatic carbocycles. The van der Waals surface area contributed by atoms with Gasteiger partial charge in [0, 0.05) is 47.4 Å². The summed E-state index contributed by atoms with van der Waals surface area (Å²) in [6.07, 6.45) is 1.91. The number of nitrogens with zero attached hydrogens (tertiary/aromatic N) is 2. The Morgan fingerprint density at radius 1 is 1.14 bits per heavy atom. The van der Waals surface area contributed by atoms with Gasteiger partial charge >= 0.3 is 0 Å². The lowest BCUT2D eigenvalue weighted by Crippen LogP contribution is -2.38. The van der Waals surface area contributed by atoms with E-state index >= 15 is 0 Å². The number of fused-ring (bicyclic) bond motifs is 1. The number of amides is 2. The van der Waals surface area contributed by atoms with Crippen molar-refractivity contribution in [2.24, 2.45) is 0 Å². The second kappa shape index (κ2) is 10.2. The Bertz CT molecular complexity index is 1450. The standard InChI is InChI=1S/C27H24ClN3O4S/c1-16(32)24-13-19-12-20(6-7-23(19)35-24)29-26(34)22-15-36-27(30-22)17-8-10-31(11-9-17)25(33)14-18-4-2-3-5-21(18)28/h2-7,12-13,15,17H,8-11,14H2,1H3,(H,29,34). The Kier molecular flexibility index (Phi) is 6.89. The molecule has 4 aromatic rings. The highest BCUT2D eigenvalue weighted by Crippen LogP contribution is 2.31. The van der Waals surface area contributed by atoms with Crippen LogP contribution in [0, 0.1) is 0 Å². The van der Waals surface area contributed by atoms with Crippen LogP contribution in [0.3, 0.4) is 0 Å². The van der Waals surface area contributed by atoms with Gasteiger partial charge in [-0.1, -0.05) is 29.8 Å². The third-order valence-electron chi connectivity index (χ3n) is 6.37. The van der Waals surface area contributed by atoms with E-state index in [0.717, 1.165) is 28.8 Å². The summed E-state index contributed by atoms with van der Waals surface area (Å²) in [4.78, 5) is 43.5. The minimum Gasteiger partial charge on any atom is -0.453 e. The maximum atomic E-state index is 12.8. The molecule has 1 aliphatic heterocycles. The Labute approximate surface area is 217 Å². The number of hydrogen-bond acceptors (Lipinski definition) is 6. The first-order valence-electron chi connectivity index (χ1n) is 11.7. The molecular formula is C27H24ClN3O4S. The molecule has 0 bridgehead atoms. The van der Waals surface area contributed by atoms with Crippen molar-refractivity contribution in [1.82, 2.24) is 9.88 Å². The zero-order chi connectivity index (χ0) is 25.2. The summed E-state index contributed by atoms with van der Waals surface area (Å²) in [5.74, 6) is 0.135. The molecule has 1 fully saturated rings. The Morgan fingerprint density at radius 2 is 1.92 bits per heavy atom. The molecule has 1 saturated heterocycles. The van der Waals surface area contributed by atoms with Crippen LogP contribution in [0.2, 0.25) is 5.02 Å². The summed E-state index contributed by atoms with van der Waals surface area (Å²) in [7, 11) is 0. The van der Waals surface area contributed by atoms with Crippen molar-refractivity contribution < 1.29 is 18.8 Å². The van der Waals surface area contributed by atoms with Gasteiger partial charge in [0.1, 0.15) is 11.3 Å². The zero-order valence-corrected chi connectivity index (χ0v) is 21.2. The molecule has 0 radical (unpaired) electrons. The third-order valence-corrected chi connectivity index (χ3v) is 7.75. The maximum absolute atomic E-state index is 12.8. The average Bonchev–Trinajstić information content (AvgIpc) is 3.53. The number of anilines is 1. The summed E-state index contributed by atoms with van der Waals surface area (Å²) in [5.41, 5.74) is 2.39. The van der Waals surface area contributed by atoms with Crippen molar-refractivity contribution in [2.75, 3.05) is 18.4 Å². The first-order valence-corrected chi connectivity index (χ1v) is 13.0. The fourth-order valence-electron chi connectivity index (χ4n) is 4.36. The number of aromatic nitrogens is 1. The summed E-state index contributed by atoms with van der Waals surface area (Å²) in [5, 5.41) is 6.90. The van der Waals surface area contributed by atoms with Gasteiger partial charge in [-0.15, -0.1) is 11.3 Å². The van der Waals surface area contributed by atoms with Gasteiger partial charge in [0.15, 0.2) is 11.5 Å². The minimum atomic E-state index is -0.292. The maximum Gasteiger partial charge on any atom is 0.275 e. The second-order valence-electron chi connectivity index (χ2n) is 8.87. The SMILES string of the molecule is CC(=O)c1cc2cc(NC(=O)c3csc(C4CCN(C(=O)Cc5ccccc5Cl)CC4)n3)ccc2o1. The van der Waals surface area contributed by atoms with Crippen LogP contribution in [0.5, 0.6) is 0 Å². The number of benzene rings is 2. The van der Waals surface area contributed by atoms with Crippen molar-refractivity contribution in [3.05, 3.63) is 81.0 Å². The summed E-state index contributed by atoms with van der Waals surface area (Å²) in [6, 6.07) is 14.3. The summed E-state index contributed by atoms with van der Waals surface area (Å²) < 4.78 is 5.50. The number of thiazole rings is 1. The molecule has 2 aromatic heterocycles. The molecule has 1 aliphatic rings. The highest BCUT2D eigenvalue weighted by molar-refractivity contribution is 7.10. The summed E-state index contributed by atoms with van der Waals surface area (Å²) in [6.45, 7) is 2.76. The van der Waals surface area contributed by atoms with Gasteiger partial charge in [0.25, 0.3) is 5.91 Å². The van der Waals surface area contributed by atoms with Gasteiger partial charge in [0.05, 0.1) is 11.4 Å².